The third-order valence-electron chi connectivity index (χ3n) is 5.75. The van der Waals surface area contributed by atoms with Gasteiger partial charge in [0.25, 0.3) is 5.91 Å². The number of thiophene rings is 2. The number of pyridine rings is 1. The highest BCUT2D eigenvalue weighted by Crippen LogP contribution is 2.47. The molecule has 0 bridgehead atoms. The minimum Gasteiger partial charge on any atom is -0.362 e. The van der Waals surface area contributed by atoms with E-state index in [1.807, 2.05) is 36.6 Å². The Hall–Kier alpha value is -3.03. The molecule has 31 heavy (non-hydrogen) atoms. The topological polar surface area (TPSA) is 71.1 Å². The number of hydrogen-bond donors (Lipinski definition) is 2. The number of anilines is 1. The fourth-order valence-electron chi connectivity index (χ4n) is 4.43. The van der Waals surface area contributed by atoms with Crippen LogP contribution in [0.4, 0.5) is 5.82 Å². The quantitative estimate of drug-likeness (QED) is 0.576. The van der Waals surface area contributed by atoms with Gasteiger partial charge in [0.1, 0.15) is 5.82 Å². The first kappa shape index (κ1) is 19.9. The zero-order valence-corrected chi connectivity index (χ0v) is 18.6. The minimum absolute atomic E-state index is 0.112. The summed E-state index contributed by atoms with van der Waals surface area (Å²) < 4.78 is 0. The Morgan fingerprint density at radius 3 is 2.52 bits per heavy atom. The number of dihydropyridines is 1. The van der Waals surface area contributed by atoms with E-state index in [0.717, 1.165) is 28.3 Å². The lowest BCUT2D eigenvalue weighted by Crippen LogP contribution is -2.36. The number of amides is 1. The van der Waals surface area contributed by atoms with Crippen molar-refractivity contribution in [2.75, 3.05) is 5.32 Å². The van der Waals surface area contributed by atoms with Crippen molar-refractivity contribution in [1.82, 2.24) is 10.3 Å². The Balaban J connectivity index is 1.54. The Morgan fingerprint density at radius 2 is 1.84 bits per heavy atom. The minimum atomic E-state index is -0.364. The molecule has 0 spiro atoms. The van der Waals surface area contributed by atoms with Crippen LogP contribution in [0.15, 0.2) is 82.0 Å². The maximum Gasteiger partial charge on any atom is 0.255 e. The summed E-state index contributed by atoms with van der Waals surface area (Å²) in [5.74, 6) is 0.185. The van der Waals surface area contributed by atoms with E-state index in [-0.39, 0.29) is 23.5 Å². The molecule has 3 aromatic heterocycles. The van der Waals surface area contributed by atoms with Crippen molar-refractivity contribution in [2.45, 2.75) is 31.6 Å². The molecule has 2 N–H and O–H groups in total. The molecule has 5 nitrogen and oxygen atoms in total. The second kappa shape index (κ2) is 8.24. The number of nitrogens with zero attached hydrogens (tertiary/aromatic N) is 1. The highest BCUT2D eigenvalue weighted by Gasteiger charge is 2.41. The van der Waals surface area contributed by atoms with Crippen LogP contribution in [-0.4, -0.2) is 16.7 Å². The number of carbonyl (C=O) groups is 2. The lowest BCUT2D eigenvalue weighted by atomic mass is 9.74. The van der Waals surface area contributed by atoms with Gasteiger partial charge in [-0.2, -0.15) is 0 Å². The summed E-state index contributed by atoms with van der Waals surface area (Å²) in [5, 5.41) is 10.4. The van der Waals surface area contributed by atoms with E-state index >= 15 is 0 Å². The van der Waals surface area contributed by atoms with E-state index in [1.165, 1.54) is 4.88 Å². The lowest BCUT2D eigenvalue weighted by Gasteiger charge is -2.36. The molecule has 5 rings (SSSR count). The standard InChI is InChI=1S/C24H21N3O2S2/c1-14-21(24(29)27-20-8-2-3-9-25-20)23(19-7-5-11-31-19)22-16(26-14)12-15(13-17(22)28)18-6-4-10-30-18/h2-11,15,23,26H,12-13H2,1H3,(H,25,27,29)/t15-,23-/m1/s1. The molecule has 1 amide bonds. The van der Waals surface area contributed by atoms with E-state index in [2.05, 4.69) is 27.1 Å². The zero-order valence-electron chi connectivity index (χ0n) is 16.9. The molecule has 0 radical (unpaired) electrons. The van der Waals surface area contributed by atoms with Crippen molar-refractivity contribution in [2.24, 2.45) is 0 Å². The average molecular weight is 448 g/mol. The summed E-state index contributed by atoms with van der Waals surface area (Å²) in [7, 11) is 0. The van der Waals surface area contributed by atoms with Crippen molar-refractivity contribution in [3.8, 4) is 0 Å². The van der Waals surface area contributed by atoms with Gasteiger partial charge in [-0.15, -0.1) is 22.7 Å². The summed E-state index contributed by atoms with van der Waals surface area (Å²) in [4.78, 5) is 33.2. The Morgan fingerprint density at radius 1 is 1.06 bits per heavy atom. The Kier molecular flexibility index (Phi) is 5.29. The summed E-state index contributed by atoms with van der Waals surface area (Å²) in [5.41, 5.74) is 3.03. The molecule has 0 saturated carbocycles. The normalized spacial score (nSPS) is 21.0. The van der Waals surface area contributed by atoms with Crippen LogP contribution in [0.3, 0.4) is 0 Å². The van der Waals surface area contributed by atoms with Crippen LogP contribution in [-0.2, 0) is 9.59 Å². The highest BCUT2D eigenvalue weighted by molar-refractivity contribution is 7.10. The molecule has 7 heteroatoms. The molecule has 0 fully saturated rings. The Labute approximate surface area is 188 Å². The second-order valence-electron chi connectivity index (χ2n) is 7.72. The van der Waals surface area contributed by atoms with E-state index in [1.54, 1.807) is 41.0 Å². The smallest absolute Gasteiger partial charge is 0.255 e. The molecule has 1 aliphatic carbocycles. The van der Waals surface area contributed by atoms with Crippen LogP contribution >= 0.6 is 22.7 Å². The summed E-state index contributed by atoms with van der Waals surface area (Å²) in [6, 6.07) is 13.5. The van der Waals surface area contributed by atoms with Crippen LogP contribution in [0, 0.1) is 0 Å². The van der Waals surface area contributed by atoms with Crippen molar-refractivity contribution >= 4 is 40.2 Å². The first-order valence-corrected chi connectivity index (χ1v) is 11.9. The fraction of sp³-hybridized carbons (Fsp3) is 0.208. The molecule has 1 aliphatic heterocycles. The van der Waals surface area contributed by atoms with Crippen LogP contribution < -0.4 is 10.6 Å². The van der Waals surface area contributed by atoms with Crippen molar-refractivity contribution < 1.29 is 9.59 Å². The van der Waals surface area contributed by atoms with Crippen molar-refractivity contribution in [3.05, 3.63) is 91.7 Å². The molecule has 156 valence electrons. The first-order valence-electron chi connectivity index (χ1n) is 10.1. The molecular weight excluding hydrogens is 426 g/mol. The van der Waals surface area contributed by atoms with E-state index in [4.69, 9.17) is 0 Å². The van der Waals surface area contributed by atoms with Gasteiger partial charge in [-0.3, -0.25) is 9.59 Å². The molecule has 2 aliphatic rings. The Bertz CT molecular complexity index is 1180. The first-order chi connectivity index (χ1) is 15.1. The highest BCUT2D eigenvalue weighted by atomic mass is 32.1. The number of Topliss-reactive ketones (excluding diaryl/α,β-unsaturated/α-hetero) is 1. The number of hydrogen-bond acceptors (Lipinski definition) is 6. The van der Waals surface area contributed by atoms with Crippen molar-refractivity contribution in [3.63, 3.8) is 0 Å². The van der Waals surface area contributed by atoms with E-state index in [9.17, 15) is 9.59 Å². The number of carbonyl (C=O) groups excluding carboxylic acids is 2. The fourth-order valence-corrected chi connectivity index (χ4v) is 6.10. The van der Waals surface area contributed by atoms with Crippen LogP contribution in [0.25, 0.3) is 0 Å². The van der Waals surface area contributed by atoms with Gasteiger partial charge in [0.05, 0.1) is 5.92 Å². The summed E-state index contributed by atoms with van der Waals surface area (Å²) in [6.45, 7) is 1.91. The number of ketones is 1. The van der Waals surface area contributed by atoms with Gasteiger partial charge in [-0.1, -0.05) is 18.2 Å². The van der Waals surface area contributed by atoms with E-state index < -0.39 is 0 Å². The predicted octanol–water partition coefficient (Wildman–Crippen LogP) is 5.20. The van der Waals surface area contributed by atoms with Crippen LogP contribution in [0.5, 0.6) is 0 Å². The van der Waals surface area contributed by atoms with Gasteiger partial charge in [0.2, 0.25) is 0 Å². The van der Waals surface area contributed by atoms with Gasteiger partial charge in [-0.05, 0) is 48.4 Å². The van der Waals surface area contributed by atoms with Crippen molar-refractivity contribution in [1.29, 1.82) is 0 Å². The summed E-state index contributed by atoms with van der Waals surface area (Å²) in [6.07, 6.45) is 2.88. The molecule has 0 unspecified atom stereocenters. The van der Waals surface area contributed by atoms with Crippen LogP contribution in [0.1, 0.15) is 41.4 Å². The number of allylic oxidation sites excluding steroid dienone is 3. The third kappa shape index (κ3) is 3.75. The van der Waals surface area contributed by atoms with E-state index in [0.29, 0.717) is 17.8 Å². The van der Waals surface area contributed by atoms with Gasteiger partial charge < -0.3 is 10.6 Å². The lowest BCUT2D eigenvalue weighted by molar-refractivity contribution is -0.116. The zero-order chi connectivity index (χ0) is 21.4. The second-order valence-corrected chi connectivity index (χ2v) is 9.68. The maximum absolute atomic E-state index is 13.4. The molecule has 3 aromatic rings. The van der Waals surface area contributed by atoms with Gasteiger partial charge in [-0.25, -0.2) is 4.98 Å². The largest absolute Gasteiger partial charge is 0.362 e. The molecule has 4 heterocycles. The number of aromatic nitrogens is 1. The maximum atomic E-state index is 13.4. The van der Waals surface area contributed by atoms with Gasteiger partial charge in [0.15, 0.2) is 5.78 Å². The average Bonchev–Trinajstić information content (AvgIpc) is 3.47. The van der Waals surface area contributed by atoms with Crippen LogP contribution in [0.2, 0.25) is 0 Å². The SMILES string of the molecule is CC1=C(C(=O)Nc2ccccn2)[C@@H](c2cccs2)C2=C(C[C@@H](c3cccs3)CC2=O)N1. The molecule has 0 aromatic carbocycles. The molecule has 2 atom stereocenters. The van der Waals surface area contributed by atoms with Gasteiger partial charge in [0, 0.05) is 50.8 Å². The monoisotopic (exact) mass is 447 g/mol. The number of rotatable bonds is 4. The predicted molar refractivity (Wildman–Crippen MR) is 124 cm³/mol. The summed E-state index contributed by atoms with van der Waals surface area (Å²) >= 11 is 3.27. The third-order valence-corrected chi connectivity index (χ3v) is 7.72. The molecule has 0 saturated heterocycles. The number of nitrogens with one attached hydrogen (secondary N) is 2. The molecular formula is C24H21N3O2S2. The van der Waals surface area contributed by atoms with Gasteiger partial charge >= 0.3 is 0 Å².